The molecule has 1 saturated carbocycles. The van der Waals surface area contributed by atoms with Crippen molar-refractivity contribution in [3.8, 4) is 5.75 Å². The van der Waals surface area contributed by atoms with Crippen LogP contribution in [0, 0.1) is 11.3 Å². The summed E-state index contributed by atoms with van der Waals surface area (Å²) in [6.45, 7) is 5.86. The molecular weight excluding hydrogens is 436 g/mol. The van der Waals surface area contributed by atoms with E-state index in [2.05, 4.69) is 19.2 Å². The van der Waals surface area contributed by atoms with Crippen LogP contribution < -0.4 is 10.1 Å². The lowest BCUT2D eigenvalue weighted by Gasteiger charge is -2.43. The largest absolute Gasteiger partial charge is 0.490 e. The highest BCUT2D eigenvalue weighted by Crippen LogP contribution is 2.47. The van der Waals surface area contributed by atoms with Gasteiger partial charge in [-0.05, 0) is 85.7 Å². The minimum Gasteiger partial charge on any atom is -0.490 e. The number of benzene rings is 2. The Balaban J connectivity index is 1.68. The molecule has 4 rings (SSSR count). The zero-order chi connectivity index (χ0) is 24.3. The summed E-state index contributed by atoms with van der Waals surface area (Å²) >= 11 is 0. The molecular formula is C28H37F2NO3. The Kier molecular flexibility index (Phi) is 7.76. The van der Waals surface area contributed by atoms with Crippen LogP contribution >= 0.6 is 0 Å². The maximum Gasteiger partial charge on any atom is 0.303 e. The maximum absolute atomic E-state index is 14.2. The number of nitrogens with one attached hydrogen (secondary N) is 1. The topological polar surface area (TPSA) is 58.6 Å². The summed E-state index contributed by atoms with van der Waals surface area (Å²) in [7, 11) is 0. The minimum atomic E-state index is -2.63. The third-order valence-electron chi connectivity index (χ3n) is 8.08. The van der Waals surface area contributed by atoms with E-state index in [1.54, 1.807) is 12.1 Å². The Morgan fingerprint density at radius 2 is 1.97 bits per heavy atom. The van der Waals surface area contributed by atoms with Crippen LogP contribution in [0.3, 0.4) is 0 Å². The Bertz CT molecular complexity index is 995. The number of rotatable bonds is 8. The normalized spacial score (nSPS) is 26.5. The van der Waals surface area contributed by atoms with Crippen LogP contribution in [0.25, 0.3) is 10.8 Å². The molecule has 2 aliphatic rings. The molecule has 0 spiro atoms. The predicted molar refractivity (Wildman–Crippen MR) is 131 cm³/mol. The lowest BCUT2D eigenvalue weighted by atomic mass is 9.64. The van der Waals surface area contributed by atoms with Crippen LogP contribution in [-0.4, -0.2) is 30.3 Å². The zero-order valence-corrected chi connectivity index (χ0v) is 20.3. The fourth-order valence-electron chi connectivity index (χ4n) is 6.31. The quantitative estimate of drug-likeness (QED) is 0.430. The van der Waals surface area contributed by atoms with Crippen molar-refractivity contribution < 1.29 is 23.4 Å². The molecule has 2 aromatic carbocycles. The molecule has 2 atom stereocenters. The van der Waals surface area contributed by atoms with Crippen molar-refractivity contribution in [3.63, 3.8) is 0 Å². The van der Waals surface area contributed by atoms with Crippen LogP contribution in [0.5, 0.6) is 5.75 Å². The van der Waals surface area contributed by atoms with E-state index in [9.17, 15) is 18.7 Å². The molecule has 2 fully saturated rings. The van der Waals surface area contributed by atoms with Gasteiger partial charge in [0, 0.05) is 12.0 Å². The van der Waals surface area contributed by atoms with E-state index in [1.807, 2.05) is 18.2 Å². The highest BCUT2D eigenvalue weighted by molar-refractivity contribution is 5.89. The summed E-state index contributed by atoms with van der Waals surface area (Å²) in [6.07, 6.45) is 3.98. The number of hydrogen-bond donors (Lipinski definition) is 2. The van der Waals surface area contributed by atoms with Gasteiger partial charge in [0.15, 0.2) is 0 Å². The van der Waals surface area contributed by atoms with E-state index in [-0.39, 0.29) is 29.4 Å². The van der Waals surface area contributed by atoms with E-state index in [1.165, 1.54) is 0 Å². The lowest BCUT2D eigenvalue weighted by Crippen LogP contribution is -2.45. The van der Waals surface area contributed by atoms with E-state index in [0.717, 1.165) is 62.4 Å². The van der Waals surface area contributed by atoms with Gasteiger partial charge >= 0.3 is 5.97 Å². The Hall–Kier alpha value is -2.21. The summed E-state index contributed by atoms with van der Waals surface area (Å²) in [5.41, 5.74) is 0.615. The van der Waals surface area contributed by atoms with Gasteiger partial charge in [0.2, 0.25) is 0 Å². The van der Waals surface area contributed by atoms with Crippen LogP contribution in [0.2, 0.25) is 0 Å². The van der Waals surface area contributed by atoms with Gasteiger partial charge in [0.25, 0.3) is 6.43 Å². The first-order chi connectivity index (χ1) is 16.3. The van der Waals surface area contributed by atoms with Crippen LogP contribution in [0.4, 0.5) is 8.78 Å². The highest BCUT2D eigenvalue weighted by Gasteiger charge is 2.41. The van der Waals surface area contributed by atoms with Gasteiger partial charge < -0.3 is 15.2 Å². The van der Waals surface area contributed by atoms with Crippen LogP contribution in [0.15, 0.2) is 30.3 Å². The first-order valence-electron chi connectivity index (χ1n) is 12.8. The van der Waals surface area contributed by atoms with Crippen molar-refractivity contribution in [2.24, 2.45) is 11.3 Å². The molecule has 0 amide bonds. The highest BCUT2D eigenvalue weighted by atomic mass is 19.3. The Labute approximate surface area is 201 Å². The molecule has 1 aliphatic carbocycles. The monoisotopic (exact) mass is 473 g/mol. The average Bonchev–Trinajstić information content (AvgIpc) is 2.80. The third kappa shape index (κ3) is 5.22. The molecule has 0 bridgehead atoms. The van der Waals surface area contributed by atoms with Crippen molar-refractivity contribution in [1.82, 2.24) is 5.32 Å². The second-order valence-corrected chi connectivity index (χ2v) is 10.4. The van der Waals surface area contributed by atoms with Crippen LogP contribution in [0.1, 0.15) is 88.7 Å². The Morgan fingerprint density at radius 3 is 2.59 bits per heavy atom. The average molecular weight is 474 g/mol. The number of alkyl halides is 2. The number of carboxylic acids is 1. The number of halogens is 2. The lowest BCUT2D eigenvalue weighted by molar-refractivity contribution is -0.140. The van der Waals surface area contributed by atoms with Crippen molar-refractivity contribution in [1.29, 1.82) is 0 Å². The number of piperidine rings is 1. The molecule has 186 valence electrons. The zero-order valence-electron chi connectivity index (χ0n) is 20.3. The van der Waals surface area contributed by atoms with Gasteiger partial charge in [0.05, 0.1) is 18.1 Å². The van der Waals surface area contributed by atoms with E-state index in [4.69, 9.17) is 4.74 Å². The Morgan fingerprint density at radius 1 is 1.21 bits per heavy atom. The molecule has 1 saturated heterocycles. The van der Waals surface area contributed by atoms with Gasteiger partial charge in [-0.2, -0.15) is 0 Å². The summed E-state index contributed by atoms with van der Waals surface area (Å²) in [6, 6.07) is 9.27. The number of aliphatic carboxylic acids is 1. The van der Waals surface area contributed by atoms with Crippen molar-refractivity contribution >= 4 is 16.7 Å². The summed E-state index contributed by atoms with van der Waals surface area (Å²) in [5, 5.41) is 14.3. The molecule has 0 radical (unpaired) electrons. The van der Waals surface area contributed by atoms with Gasteiger partial charge in [-0.15, -0.1) is 0 Å². The molecule has 2 N–H and O–H groups in total. The first-order valence-corrected chi connectivity index (χ1v) is 12.8. The van der Waals surface area contributed by atoms with E-state index >= 15 is 0 Å². The fourth-order valence-corrected chi connectivity index (χ4v) is 6.31. The molecule has 6 heteroatoms. The molecule has 0 aromatic heterocycles. The molecule has 4 nitrogen and oxygen atoms in total. The van der Waals surface area contributed by atoms with Gasteiger partial charge in [-0.1, -0.05) is 38.1 Å². The molecule has 1 heterocycles. The third-order valence-corrected chi connectivity index (χ3v) is 8.08. The maximum atomic E-state index is 14.2. The second kappa shape index (κ2) is 10.6. The minimum absolute atomic E-state index is 0.00965. The SMILES string of the molecule is CC[C@H](c1ccc2c(C(F)F)c(OC3CCC(C)CC3)ccc2c1)[C@]1(CC(=O)O)CCCNC1. The number of carbonyl (C=O) groups is 1. The van der Waals surface area contributed by atoms with Gasteiger partial charge in [-0.3, -0.25) is 4.79 Å². The van der Waals surface area contributed by atoms with Gasteiger partial charge in [0.1, 0.15) is 5.75 Å². The fraction of sp³-hybridized carbons (Fsp3) is 0.607. The van der Waals surface area contributed by atoms with Crippen molar-refractivity contribution in [2.45, 2.75) is 83.7 Å². The summed E-state index contributed by atoms with van der Waals surface area (Å²) in [5.74, 6) is 0.207. The van der Waals surface area contributed by atoms with Crippen molar-refractivity contribution in [3.05, 3.63) is 41.5 Å². The van der Waals surface area contributed by atoms with E-state index in [0.29, 0.717) is 23.6 Å². The number of hydrogen-bond acceptors (Lipinski definition) is 3. The standard InChI is InChI=1S/C28H37F2NO3/c1-3-23(28(16-25(32)33)13-4-14-31-17-28)20-7-11-22-19(15-20)8-12-24(26(22)27(29)30)34-21-9-5-18(2)6-10-21/h7-8,11-12,15,18,21,23,27,31H,3-6,9-10,13-14,16-17H2,1-2H3,(H,32,33)/t18?,21?,23-,28+/m1/s1. The number of fused-ring (bicyclic) bond motifs is 1. The smallest absolute Gasteiger partial charge is 0.303 e. The molecule has 2 aromatic rings. The number of ether oxygens (including phenoxy) is 1. The summed E-state index contributed by atoms with van der Waals surface area (Å²) < 4.78 is 34.6. The summed E-state index contributed by atoms with van der Waals surface area (Å²) in [4.78, 5) is 11.8. The molecule has 0 unspecified atom stereocenters. The molecule has 34 heavy (non-hydrogen) atoms. The van der Waals surface area contributed by atoms with Gasteiger partial charge in [-0.25, -0.2) is 8.78 Å². The molecule has 1 aliphatic heterocycles. The van der Waals surface area contributed by atoms with Crippen LogP contribution in [-0.2, 0) is 4.79 Å². The first kappa shape index (κ1) is 24.9. The number of carboxylic acid groups (broad SMARTS) is 1. The van der Waals surface area contributed by atoms with E-state index < -0.39 is 12.4 Å². The second-order valence-electron chi connectivity index (χ2n) is 10.4. The van der Waals surface area contributed by atoms with Crippen molar-refractivity contribution in [2.75, 3.05) is 13.1 Å². The predicted octanol–water partition coefficient (Wildman–Crippen LogP) is 7.07.